The van der Waals surface area contributed by atoms with Gasteiger partial charge in [-0.25, -0.2) is 0 Å². The Morgan fingerprint density at radius 1 is 1.00 bits per heavy atom. The third-order valence-electron chi connectivity index (χ3n) is 3.85. The molecule has 2 rings (SSSR count). The number of nitrogens with zero attached hydrogens (tertiary/aromatic N) is 1. The summed E-state index contributed by atoms with van der Waals surface area (Å²) < 4.78 is 5.83. The first-order valence-corrected chi connectivity index (χ1v) is 7.51. The molecule has 0 aromatic heterocycles. The first-order chi connectivity index (χ1) is 9.05. The summed E-state index contributed by atoms with van der Waals surface area (Å²) in [5.41, 5.74) is 1.57. The second-order valence-corrected chi connectivity index (χ2v) is 6.53. The SMILES string of the molecule is C.CC(C)(C)c1ccc(OCCN2CCCCC2)cc1. The monoisotopic (exact) mass is 277 g/mol. The van der Waals surface area contributed by atoms with Gasteiger partial charge in [-0.1, -0.05) is 46.8 Å². The molecule has 2 heteroatoms. The lowest BCUT2D eigenvalue weighted by atomic mass is 9.87. The maximum absolute atomic E-state index is 5.83. The average Bonchev–Trinajstić information content (AvgIpc) is 2.39. The van der Waals surface area contributed by atoms with Crippen molar-refractivity contribution in [3.63, 3.8) is 0 Å². The van der Waals surface area contributed by atoms with Crippen LogP contribution in [0.1, 0.15) is 53.0 Å². The molecule has 114 valence electrons. The Labute approximate surface area is 125 Å². The van der Waals surface area contributed by atoms with E-state index >= 15 is 0 Å². The van der Waals surface area contributed by atoms with Crippen molar-refractivity contribution in [2.75, 3.05) is 26.2 Å². The molecule has 20 heavy (non-hydrogen) atoms. The van der Waals surface area contributed by atoms with E-state index in [2.05, 4.69) is 49.9 Å². The van der Waals surface area contributed by atoms with Gasteiger partial charge in [0.25, 0.3) is 0 Å². The Bertz CT molecular complexity index is 371. The van der Waals surface area contributed by atoms with E-state index in [0.29, 0.717) is 0 Å². The molecule has 0 amide bonds. The lowest BCUT2D eigenvalue weighted by Crippen LogP contribution is -2.33. The fourth-order valence-electron chi connectivity index (χ4n) is 2.53. The van der Waals surface area contributed by atoms with Gasteiger partial charge in [-0.15, -0.1) is 0 Å². The topological polar surface area (TPSA) is 12.5 Å². The van der Waals surface area contributed by atoms with E-state index in [1.54, 1.807) is 0 Å². The molecule has 0 aliphatic carbocycles. The molecule has 1 aromatic carbocycles. The molecule has 0 spiro atoms. The van der Waals surface area contributed by atoms with Gasteiger partial charge in [-0.05, 0) is 49.0 Å². The first-order valence-electron chi connectivity index (χ1n) is 7.51. The predicted octanol–water partition coefficient (Wildman–Crippen LogP) is 4.48. The molecule has 1 fully saturated rings. The van der Waals surface area contributed by atoms with Crippen molar-refractivity contribution >= 4 is 0 Å². The van der Waals surface area contributed by atoms with E-state index in [9.17, 15) is 0 Å². The van der Waals surface area contributed by atoms with Gasteiger partial charge in [0.1, 0.15) is 12.4 Å². The van der Waals surface area contributed by atoms with Gasteiger partial charge < -0.3 is 4.74 Å². The smallest absolute Gasteiger partial charge is 0.119 e. The first kappa shape index (κ1) is 17.0. The molecule has 0 saturated carbocycles. The van der Waals surface area contributed by atoms with Crippen molar-refractivity contribution in [1.82, 2.24) is 4.90 Å². The fourth-order valence-corrected chi connectivity index (χ4v) is 2.53. The van der Waals surface area contributed by atoms with E-state index in [1.807, 2.05) is 0 Å². The van der Waals surface area contributed by atoms with Crippen LogP contribution in [0, 0.1) is 0 Å². The molecular formula is C18H31NO. The van der Waals surface area contributed by atoms with Crippen molar-refractivity contribution in [2.45, 2.75) is 52.9 Å². The minimum atomic E-state index is 0. The molecule has 2 nitrogen and oxygen atoms in total. The van der Waals surface area contributed by atoms with Crippen LogP contribution < -0.4 is 4.74 Å². The summed E-state index contributed by atoms with van der Waals surface area (Å²) in [6.45, 7) is 11.0. The van der Waals surface area contributed by atoms with Crippen LogP contribution in [-0.2, 0) is 5.41 Å². The molecule has 1 heterocycles. The number of hydrogen-bond donors (Lipinski definition) is 0. The Hall–Kier alpha value is -1.02. The number of rotatable bonds is 4. The molecular weight excluding hydrogens is 246 g/mol. The summed E-state index contributed by atoms with van der Waals surface area (Å²) in [6.07, 6.45) is 4.09. The Kier molecular flexibility index (Phi) is 6.54. The van der Waals surface area contributed by atoms with E-state index in [4.69, 9.17) is 4.74 Å². The third kappa shape index (κ3) is 5.16. The molecule has 1 aromatic rings. The molecule has 0 bridgehead atoms. The number of hydrogen-bond acceptors (Lipinski definition) is 2. The van der Waals surface area contributed by atoms with Crippen LogP contribution in [0.4, 0.5) is 0 Å². The van der Waals surface area contributed by atoms with Crippen molar-refractivity contribution < 1.29 is 4.74 Å². The maximum Gasteiger partial charge on any atom is 0.119 e. The quantitative estimate of drug-likeness (QED) is 0.804. The molecule has 0 atom stereocenters. The zero-order valence-electron chi connectivity index (χ0n) is 12.6. The van der Waals surface area contributed by atoms with Gasteiger partial charge in [0.2, 0.25) is 0 Å². The molecule has 0 N–H and O–H groups in total. The normalized spacial score (nSPS) is 16.6. The highest BCUT2D eigenvalue weighted by Gasteiger charge is 2.13. The van der Waals surface area contributed by atoms with E-state index in [-0.39, 0.29) is 12.8 Å². The van der Waals surface area contributed by atoms with Crippen LogP contribution in [-0.4, -0.2) is 31.1 Å². The largest absolute Gasteiger partial charge is 0.492 e. The van der Waals surface area contributed by atoms with Gasteiger partial charge in [0.05, 0.1) is 0 Å². The third-order valence-corrected chi connectivity index (χ3v) is 3.85. The van der Waals surface area contributed by atoms with Gasteiger partial charge in [0.15, 0.2) is 0 Å². The minimum absolute atomic E-state index is 0. The van der Waals surface area contributed by atoms with E-state index in [0.717, 1.165) is 18.9 Å². The van der Waals surface area contributed by atoms with Crippen molar-refractivity contribution in [3.05, 3.63) is 29.8 Å². The van der Waals surface area contributed by atoms with E-state index < -0.39 is 0 Å². The summed E-state index contributed by atoms with van der Waals surface area (Å²) in [5.74, 6) is 0.991. The highest BCUT2D eigenvalue weighted by Crippen LogP contribution is 2.24. The van der Waals surface area contributed by atoms with Crippen LogP contribution in [0.15, 0.2) is 24.3 Å². The van der Waals surface area contributed by atoms with Crippen LogP contribution in [0.3, 0.4) is 0 Å². The predicted molar refractivity (Wildman–Crippen MR) is 87.7 cm³/mol. The van der Waals surface area contributed by atoms with Crippen molar-refractivity contribution in [2.24, 2.45) is 0 Å². The second-order valence-electron chi connectivity index (χ2n) is 6.53. The minimum Gasteiger partial charge on any atom is -0.492 e. The summed E-state index contributed by atoms with van der Waals surface area (Å²) in [6, 6.07) is 8.54. The summed E-state index contributed by atoms with van der Waals surface area (Å²) in [7, 11) is 0. The molecule has 0 unspecified atom stereocenters. The molecule has 1 aliphatic heterocycles. The molecule has 1 saturated heterocycles. The zero-order chi connectivity index (χ0) is 13.7. The lowest BCUT2D eigenvalue weighted by molar-refractivity contribution is 0.183. The summed E-state index contributed by atoms with van der Waals surface area (Å²) in [4.78, 5) is 2.51. The Balaban J connectivity index is 0.00000200. The van der Waals surface area contributed by atoms with Gasteiger partial charge in [0, 0.05) is 6.54 Å². The summed E-state index contributed by atoms with van der Waals surface area (Å²) >= 11 is 0. The van der Waals surface area contributed by atoms with E-state index in [1.165, 1.54) is 37.9 Å². The van der Waals surface area contributed by atoms with Crippen molar-refractivity contribution in [3.8, 4) is 5.75 Å². The number of ether oxygens (including phenoxy) is 1. The van der Waals surface area contributed by atoms with Crippen LogP contribution in [0.25, 0.3) is 0 Å². The zero-order valence-corrected chi connectivity index (χ0v) is 12.6. The molecule has 1 aliphatic rings. The maximum atomic E-state index is 5.83. The number of benzene rings is 1. The van der Waals surface area contributed by atoms with Crippen LogP contribution in [0.5, 0.6) is 5.75 Å². The second kappa shape index (κ2) is 7.68. The summed E-state index contributed by atoms with van der Waals surface area (Å²) in [5, 5.41) is 0. The van der Waals surface area contributed by atoms with Crippen LogP contribution in [0.2, 0.25) is 0 Å². The lowest BCUT2D eigenvalue weighted by Gasteiger charge is -2.26. The fraction of sp³-hybridized carbons (Fsp3) is 0.667. The van der Waals surface area contributed by atoms with Gasteiger partial charge >= 0.3 is 0 Å². The standard InChI is InChI=1S/C17H27NO.CH4/c1-17(2,3)15-7-9-16(10-8-15)19-14-13-18-11-5-4-6-12-18;/h7-10H,4-6,11-14H2,1-3H3;1H4. The number of likely N-dealkylation sites (tertiary alicyclic amines) is 1. The molecule has 0 radical (unpaired) electrons. The average molecular weight is 277 g/mol. The highest BCUT2D eigenvalue weighted by molar-refractivity contribution is 5.31. The highest BCUT2D eigenvalue weighted by atomic mass is 16.5. The van der Waals surface area contributed by atoms with Crippen LogP contribution >= 0.6 is 0 Å². The Morgan fingerprint density at radius 3 is 2.15 bits per heavy atom. The van der Waals surface area contributed by atoms with Gasteiger partial charge in [-0.3, -0.25) is 4.90 Å². The number of piperidine rings is 1. The Morgan fingerprint density at radius 2 is 1.60 bits per heavy atom. The van der Waals surface area contributed by atoms with Crippen molar-refractivity contribution in [1.29, 1.82) is 0 Å². The van der Waals surface area contributed by atoms with Gasteiger partial charge in [-0.2, -0.15) is 0 Å².